The van der Waals surface area contributed by atoms with Crippen molar-refractivity contribution in [3.05, 3.63) is 35.9 Å². The highest BCUT2D eigenvalue weighted by atomic mass is 32.1. The van der Waals surface area contributed by atoms with E-state index in [0.29, 0.717) is 5.56 Å². The van der Waals surface area contributed by atoms with E-state index in [0.717, 1.165) is 0 Å². The zero-order valence-electron chi connectivity index (χ0n) is 7.73. The zero-order valence-corrected chi connectivity index (χ0v) is 8.54. The van der Waals surface area contributed by atoms with Gasteiger partial charge in [-0.15, -0.1) is 0 Å². The number of esters is 1. The van der Waals surface area contributed by atoms with Crippen LogP contribution in [0.2, 0.25) is 0 Å². The fourth-order valence-corrected chi connectivity index (χ4v) is 1.35. The van der Waals surface area contributed by atoms with E-state index >= 15 is 0 Å². The van der Waals surface area contributed by atoms with Gasteiger partial charge in [0.25, 0.3) is 0 Å². The molecule has 3 nitrogen and oxygen atoms in total. The van der Waals surface area contributed by atoms with E-state index < -0.39 is 5.97 Å². The second-order valence-electron chi connectivity index (χ2n) is 2.50. The van der Waals surface area contributed by atoms with Gasteiger partial charge in [-0.1, -0.05) is 30.3 Å². The third-order valence-electron chi connectivity index (χ3n) is 1.58. The Labute approximate surface area is 85.8 Å². The number of carbonyl (C=O) groups excluding carboxylic acids is 1. The van der Waals surface area contributed by atoms with Crippen molar-refractivity contribution in [3.63, 3.8) is 0 Å². The summed E-state index contributed by atoms with van der Waals surface area (Å²) in [5.41, 5.74) is 0.603. The minimum absolute atomic E-state index is 0.104. The summed E-state index contributed by atoms with van der Waals surface area (Å²) in [4.78, 5) is 11.4. The largest absolute Gasteiger partial charge is 0.462 e. The molecule has 0 aromatic heterocycles. The number of ether oxygens (including phenoxy) is 1. The molecule has 0 radical (unpaired) electrons. The molecule has 0 amide bonds. The standard InChI is InChI=1S/C10H10O3S/c1-2-13-10(11)9(14-12)8-6-4-3-5-7-8/h3-7H,2H2,1H3. The summed E-state index contributed by atoms with van der Waals surface area (Å²) in [6, 6.07) is 8.77. The Hall–Kier alpha value is -1.42. The van der Waals surface area contributed by atoms with Crippen molar-refractivity contribution in [2.24, 2.45) is 0 Å². The Balaban J connectivity index is 2.96. The fourth-order valence-electron chi connectivity index (χ4n) is 0.986. The first-order valence-corrected chi connectivity index (χ1v) is 4.93. The predicted molar refractivity (Wildman–Crippen MR) is 55.3 cm³/mol. The van der Waals surface area contributed by atoms with Crippen molar-refractivity contribution >= 4 is 22.1 Å². The van der Waals surface area contributed by atoms with Gasteiger partial charge in [0.2, 0.25) is 0 Å². The average Bonchev–Trinajstić information content (AvgIpc) is 2.21. The zero-order chi connectivity index (χ0) is 10.4. The van der Waals surface area contributed by atoms with Crippen LogP contribution in [0, 0.1) is 0 Å². The molecule has 0 saturated carbocycles. The van der Waals surface area contributed by atoms with Crippen molar-refractivity contribution in [2.45, 2.75) is 6.92 Å². The monoisotopic (exact) mass is 210 g/mol. The molecule has 0 aliphatic rings. The molecule has 0 N–H and O–H groups in total. The van der Waals surface area contributed by atoms with Gasteiger partial charge in [0.1, 0.15) is 11.3 Å². The minimum Gasteiger partial charge on any atom is -0.462 e. The van der Waals surface area contributed by atoms with E-state index in [9.17, 15) is 9.00 Å². The average molecular weight is 210 g/mol. The van der Waals surface area contributed by atoms with Gasteiger partial charge in [0.15, 0.2) is 4.86 Å². The Morgan fingerprint density at radius 3 is 2.50 bits per heavy atom. The van der Waals surface area contributed by atoms with E-state index in [1.807, 2.05) is 6.07 Å². The molecule has 0 heterocycles. The van der Waals surface area contributed by atoms with Gasteiger partial charge in [0.05, 0.1) is 6.61 Å². The lowest BCUT2D eigenvalue weighted by atomic mass is 10.1. The maximum atomic E-state index is 11.3. The summed E-state index contributed by atoms with van der Waals surface area (Å²) in [5.74, 6) is -0.557. The van der Waals surface area contributed by atoms with Crippen LogP contribution < -0.4 is 0 Å². The smallest absolute Gasteiger partial charge is 0.352 e. The third kappa shape index (κ3) is 2.53. The van der Waals surface area contributed by atoms with Gasteiger partial charge in [-0.2, -0.15) is 0 Å². The van der Waals surface area contributed by atoms with E-state index in [2.05, 4.69) is 0 Å². The quantitative estimate of drug-likeness (QED) is 0.424. The molecule has 1 rings (SSSR count). The van der Waals surface area contributed by atoms with E-state index in [-0.39, 0.29) is 22.7 Å². The summed E-state index contributed by atoms with van der Waals surface area (Å²) in [5, 5.41) is 0. The molecule has 0 aliphatic carbocycles. The van der Waals surface area contributed by atoms with Crippen molar-refractivity contribution in [2.75, 3.05) is 6.61 Å². The maximum absolute atomic E-state index is 11.3. The second kappa shape index (κ2) is 5.34. The SMILES string of the molecule is CCOC(=O)C(=S=O)c1ccccc1. The molecule has 74 valence electrons. The molecule has 0 atom stereocenters. The van der Waals surface area contributed by atoms with Crippen LogP contribution in [0.25, 0.3) is 0 Å². The fraction of sp³-hybridized carbons (Fsp3) is 0.200. The molecule has 4 heteroatoms. The number of hydrogen-bond acceptors (Lipinski definition) is 3. The lowest BCUT2D eigenvalue weighted by Gasteiger charge is -2.02. The summed E-state index contributed by atoms with van der Waals surface area (Å²) in [7, 11) is 0. The molecule has 1 aromatic rings. The molecule has 0 fully saturated rings. The highest BCUT2D eigenvalue weighted by Gasteiger charge is 2.13. The first kappa shape index (κ1) is 10.7. The van der Waals surface area contributed by atoms with Gasteiger partial charge in [0, 0.05) is 5.56 Å². The van der Waals surface area contributed by atoms with Crippen LogP contribution in [0.3, 0.4) is 0 Å². The molecule has 0 saturated heterocycles. The van der Waals surface area contributed by atoms with Gasteiger partial charge in [-0.05, 0) is 6.92 Å². The number of benzene rings is 1. The Bertz CT molecular complexity index is 366. The van der Waals surface area contributed by atoms with Crippen LogP contribution in [-0.2, 0) is 20.8 Å². The molecule has 0 spiro atoms. The maximum Gasteiger partial charge on any atom is 0.352 e. The molecular weight excluding hydrogens is 200 g/mol. The van der Waals surface area contributed by atoms with Crippen LogP contribution in [0.4, 0.5) is 0 Å². The highest BCUT2D eigenvalue weighted by Crippen LogP contribution is 2.01. The highest BCUT2D eigenvalue weighted by molar-refractivity contribution is 7.69. The van der Waals surface area contributed by atoms with Crippen molar-refractivity contribution in [1.29, 1.82) is 0 Å². The first-order valence-electron chi connectivity index (χ1n) is 4.19. The van der Waals surface area contributed by atoms with Crippen LogP contribution in [-0.4, -0.2) is 21.6 Å². The first-order chi connectivity index (χ1) is 6.79. The summed E-state index contributed by atoms with van der Waals surface area (Å²) in [6.45, 7) is 1.98. The van der Waals surface area contributed by atoms with Crippen LogP contribution in [0.5, 0.6) is 0 Å². The van der Waals surface area contributed by atoms with Crippen molar-refractivity contribution in [3.8, 4) is 0 Å². The van der Waals surface area contributed by atoms with Gasteiger partial charge >= 0.3 is 5.97 Å². The Morgan fingerprint density at radius 1 is 1.36 bits per heavy atom. The summed E-state index contributed by atoms with van der Waals surface area (Å²) < 4.78 is 15.5. The molecule has 1 aromatic carbocycles. The van der Waals surface area contributed by atoms with Crippen LogP contribution in [0.15, 0.2) is 30.3 Å². The Kier molecular flexibility index (Phi) is 4.07. The van der Waals surface area contributed by atoms with Crippen molar-refractivity contribution < 1.29 is 13.7 Å². The molecule has 0 aliphatic heterocycles. The van der Waals surface area contributed by atoms with Crippen LogP contribution >= 0.6 is 0 Å². The molecular formula is C10H10O3S. The number of rotatable bonds is 3. The van der Waals surface area contributed by atoms with Gasteiger partial charge < -0.3 is 4.74 Å². The normalized spacial score (nSPS) is 9.21. The Morgan fingerprint density at radius 2 is 2.00 bits per heavy atom. The lowest BCUT2D eigenvalue weighted by molar-refractivity contribution is -0.134. The van der Waals surface area contributed by atoms with Gasteiger partial charge in [-0.25, -0.2) is 9.00 Å². The number of carbonyl (C=O) groups is 1. The summed E-state index contributed by atoms with van der Waals surface area (Å²) in [6.07, 6.45) is 0. The van der Waals surface area contributed by atoms with E-state index in [1.54, 1.807) is 31.2 Å². The van der Waals surface area contributed by atoms with E-state index in [1.165, 1.54) is 0 Å². The van der Waals surface area contributed by atoms with E-state index in [4.69, 9.17) is 4.74 Å². The number of hydrogen-bond donors (Lipinski definition) is 0. The van der Waals surface area contributed by atoms with Crippen LogP contribution in [0.1, 0.15) is 12.5 Å². The minimum atomic E-state index is -0.557. The molecule has 14 heavy (non-hydrogen) atoms. The third-order valence-corrected chi connectivity index (χ3v) is 2.15. The molecule has 0 unspecified atom stereocenters. The second-order valence-corrected chi connectivity index (χ2v) is 3.07. The summed E-state index contributed by atoms with van der Waals surface area (Å²) >= 11 is 0.163. The topological polar surface area (TPSA) is 43.4 Å². The van der Waals surface area contributed by atoms with Gasteiger partial charge in [-0.3, -0.25) is 0 Å². The molecule has 0 bridgehead atoms. The predicted octanol–water partition coefficient (Wildman–Crippen LogP) is 0.983. The lowest BCUT2D eigenvalue weighted by Crippen LogP contribution is -2.18. The van der Waals surface area contributed by atoms with Crippen molar-refractivity contribution in [1.82, 2.24) is 0 Å².